The van der Waals surface area contributed by atoms with Crippen molar-refractivity contribution in [3.05, 3.63) is 24.3 Å². The molecule has 10 heteroatoms. The smallest absolute Gasteiger partial charge is 0.236 e. The first kappa shape index (κ1) is 20.4. The fourth-order valence-corrected chi connectivity index (χ4v) is 2.14. The predicted octanol–water partition coefficient (Wildman–Crippen LogP) is 3.42. The number of rotatable bonds is 6. The van der Waals surface area contributed by atoms with Crippen molar-refractivity contribution < 1.29 is 9.53 Å². The molecule has 0 aliphatic rings. The molecule has 1 amide bonds. The number of ether oxygens (including phenoxy) is 1. The molecular weight excluding hydrogens is 404 g/mol. The monoisotopic (exact) mass is 417 g/mol. The Balaban J connectivity index is 2.66. The van der Waals surface area contributed by atoms with E-state index in [1.54, 1.807) is 24.3 Å². The zero-order valence-corrected chi connectivity index (χ0v) is 15.9. The Kier molecular flexibility index (Phi) is 8.50. The first-order valence-electron chi connectivity index (χ1n) is 6.48. The van der Waals surface area contributed by atoms with E-state index in [9.17, 15) is 4.79 Å². The average molecular weight is 419 g/mol. The Morgan fingerprint density at radius 1 is 1.26 bits per heavy atom. The van der Waals surface area contributed by atoms with Gasteiger partial charge in [0.15, 0.2) is 5.11 Å². The van der Waals surface area contributed by atoms with Gasteiger partial charge in [0.05, 0.1) is 6.61 Å². The maximum absolute atomic E-state index is 11.4. The number of thiocarbonyl (C=S) groups is 1. The molecular formula is C13H15Cl4N3O2S. The summed E-state index contributed by atoms with van der Waals surface area (Å²) in [5, 5.41) is 8.21. The summed E-state index contributed by atoms with van der Waals surface area (Å²) in [6.07, 6.45) is -1.04. The Morgan fingerprint density at radius 3 is 2.35 bits per heavy atom. The van der Waals surface area contributed by atoms with Crippen molar-refractivity contribution in [2.45, 2.75) is 16.9 Å². The molecule has 0 saturated carbocycles. The molecule has 0 aliphatic carbocycles. The Hall–Kier alpha value is -0.660. The van der Waals surface area contributed by atoms with Crippen molar-refractivity contribution in [2.24, 2.45) is 0 Å². The van der Waals surface area contributed by atoms with Crippen LogP contribution in [0.4, 0.5) is 5.69 Å². The van der Waals surface area contributed by atoms with E-state index < -0.39 is 15.9 Å². The first-order chi connectivity index (χ1) is 10.8. The average Bonchev–Trinajstić information content (AvgIpc) is 2.47. The number of amides is 1. The molecule has 128 valence electrons. The summed E-state index contributed by atoms with van der Waals surface area (Å²) >= 11 is 28.0. The van der Waals surface area contributed by atoms with Crippen molar-refractivity contribution in [2.75, 3.05) is 17.8 Å². The van der Waals surface area contributed by atoms with Crippen LogP contribution in [0.15, 0.2) is 24.3 Å². The van der Waals surface area contributed by atoms with Crippen molar-refractivity contribution in [1.82, 2.24) is 10.6 Å². The van der Waals surface area contributed by atoms with Gasteiger partial charge in [-0.15, -0.1) is 11.6 Å². The highest BCUT2D eigenvalue weighted by molar-refractivity contribution is 7.80. The number of hydrogen-bond acceptors (Lipinski definition) is 3. The molecule has 5 nitrogen and oxygen atoms in total. The van der Waals surface area contributed by atoms with Crippen LogP contribution in [0.5, 0.6) is 5.75 Å². The van der Waals surface area contributed by atoms with Gasteiger partial charge in [0.2, 0.25) is 9.70 Å². The number of nitrogens with one attached hydrogen (secondary N) is 3. The molecule has 1 aromatic carbocycles. The van der Waals surface area contributed by atoms with Crippen LogP contribution in [0, 0.1) is 0 Å². The van der Waals surface area contributed by atoms with Gasteiger partial charge in [-0.25, -0.2) is 0 Å². The lowest BCUT2D eigenvalue weighted by atomic mass is 10.3. The minimum Gasteiger partial charge on any atom is -0.494 e. The fraction of sp³-hybridized carbons (Fsp3) is 0.385. The summed E-state index contributed by atoms with van der Waals surface area (Å²) in [5.74, 6) is -0.0253. The SMILES string of the molecule is CCOc1ccc(NC(=S)NC(NC(=O)CCl)C(Cl)(Cl)Cl)cc1. The summed E-state index contributed by atoms with van der Waals surface area (Å²) in [4.78, 5) is 11.4. The van der Waals surface area contributed by atoms with Crippen molar-refractivity contribution >= 4 is 75.3 Å². The van der Waals surface area contributed by atoms with E-state index in [2.05, 4.69) is 16.0 Å². The van der Waals surface area contributed by atoms with E-state index in [0.717, 1.165) is 5.75 Å². The van der Waals surface area contributed by atoms with E-state index in [0.29, 0.717) is 12.3 Å². The van der Waals surface area contributed by atoms with Gasteiger partial charge >= 0.3 is 0 Å². The van der Waals surface area contributed by atoms with Crippen LogP contribution in [0.3, 0.4) is 0 Å². The number of carbonyl (C=O) groups excluding carboxylic acids is 1. The van der Waals surface area contributed by atoms with E-state index in [1.165, 1.54) is 0 Å². The number of halogens is 4. The number of hydrogen-bond donors (Lipinski definition) is 3. The quantitative estimate of drug-likeness (QED) is 0.375. The lowest BCUT2D eigenvalue weighted by molar-refractivity contribution is -0.119. The number of anilines is 1. The minimum atomic E-state index is -1.81. The molecule has 0 radical (unpaired) electrons. The minimum absolute atomic E-state index is 0.167. The summed E-state index contributed by atoms with van der Waals surface area (Å²) < 4.78 is 3.53. The summed E-state index contributed by atoms with van der Waals surface area (Å²) in [6, 6.07) is 7.13. The second-order valence-corrected chi connectivity index (χ2v) is 7.28. The highest BCUT2D eigenvalue weighted by Crippen LogP contribution is 2.29. The van der Waals surface area contributed by atoms with E-state index in [-0.39, 0.29) is 11.0 Å². The van der Waals surface area contributed by atoms with Gasteiger partial charge in [-0.3, -0.25) is 4.79 Å². The second kappa shape index (κ2) is 9.59. The van der Waals surface area contributed by atoms with Gasteiger partial charge in [-0.05, 0) is 43.4 Å². The number of carbonyl (C=O) groups is 1. The Bertz CT molecular complexity index is 537. The molecule has 1 aromatic rings. The van der Waals surface area contributed by atoms with Crippen LogP contribution >= 0.6 is 58.6 Å². The lowest BCUT2D eigenvalue weighted by Crippen LogP contribution is -2.56. The number of benzene rings is 1. The van der Waals surface area contributed by atoms with Crippen molar-refractivity contribution in [3.8, 4) is 5.75 Å². The molecule has 0 spiro atoms. The van der Waals surface area contributed by atoms with E-state index in [4.69, 9.17) is 63.4 Å². The summed E-state index contributed by atoms with van der Waals surface area (Å²) in [6.45, 7) is 2.48. The zero-order valence-electron chi connectivity index (χ0n) is 12.0. The van der Waals surface area contributed by atoms with Gasteiger partial charge in [0, 0.05) is 5.69 Å². The third-order valence-corrected chi connectivity index (χ3v) is 3.57. The van der Waals surface area contributed by atoms with Crippen LogP contribution in [0.25, 0.3) is 0 Å². The second-order valence-electron chi connectivity index (χ2n) is 4.23. The van der Waals surface area contributed by atoms with E-state index >= 15 is 0 Å². The van der Waals surface area contributed by atoms with Crippen LogP contribution in [0.2, 0.25) is 0 Å². The molecule has 1 unspecified atom stereocenters. The highest BCUT2D eigenvalue weighted by Gasteiger charge is 2.34. The van der Waals surface area contributed by atoms with Crippen LogP contribution in [-0.2, 0) is 4.79 Å². The molecule has 1 atom stereocenters. The van der Waals surface area contributed by atoms with Crippen LogP contribution in [0.1, 0.15) is 6.92 Å². The molecule has 3 N–H and O–H groups in total. The molecule has 0 aromatic heterocycles. The molecule has 0 bridgehead atoms. The molecule has 0 heterocycles. The first-order valence-corrected chi connectivity index (χ1v) is 8.56. The van der Waals surface area contributed by atoms with Crippen LogP contribution in [-0.4, -0.2) is 33.5 Å². The maximum Gasteiger partial charge on any atom is 0.236 e. The zero-order chi connectivity index (χ0) is 17.5. The van der Waals surface area contributed by atoms with Gasteiger partial charge in [0.25, 0.3) is 0 Å². The Labute approximate surface area is 159 Å². The van der Waals surface area contributed by atoms with Gasteiger partial charge in [0.1, 0.15) is 17.8 Å². The fourth-order valence-electron chi connectivity index (χ4n) is 1.50. The Morgan fingerprint density at radius 2 is 1.87 bits per heavy atom. The number of alkyl halides is 4. The standard InChI is InChI=1S/C13H15Cl4N3O2S/c1-2-22-9-5-3-8(4-6-9)18-12(23)20-11(13(15,16)17)19-10(21)7-14/h3-6,11H,2,7H2,1H3,(H,19,21)(H2,18,20,23). The normalized spacial score (nSPS) is 12.2. The van der Waals surface area contributed by atoms with Gasteiger partial charge < -0.3 is 20.7 Å². The highest BCUT2D eigenvalue weighted by atomic mass is 35.6. The van der Waals surface area contributed by atoms with Crippen molar-refractivity contribution in [3.63, 3.8) is 0 Å². The van der Waals surface area contributed by atoms with Crippen molar-refractivity contribution in [1.29, 1.82) is 0 Å². The van der Waals surface area contributed by atoms with Crippen LogP contribution < -0.4 is 20.7 Å². The maximum atomic E-state index is 11.4. The molecule has 0 fully saturated rings. The van der Waals surface area contributed by atoms with E-state index in [1.807, 2.05) is 6.92 Å². The molecule has 0 aliphatic heterocycles. The summed E-state index contributed by atoms with van der Waals surface area (Å²) in [5.41, 5.74) is 0.706. The lowest BCUT2D eigenvalue weighted by Gasteiger charge is -2.27. The third-order valence-electron chi connectivity index (χ3n) is 2.45. The van der Waals surface area contributed by atoms with Gasteiger partial charge in [-0.2, -0.15) is 0 Å². The largest absolute Gasteiger partial charge is 0.494 e. The molecule has 1 rings (SSSR count). The third kappa shape index (κ3) is 7.63. The van der Waals surface area contributed by atoms with Gasteiger partial charge in [-0.1, -0.05) is 34.8 Å². The topological polar surface area (TPSA) is 62.4 Å². The molecule has 0 saturated heterocycles. The summed E-state index contributed by atoms with van der Waals surface area (Å²) in [7, 11) is 0. The molecule has 23 heavy (non-hydrogen) atoms. The predicted molar refractivity (Wildman–Crippen MR) is 99.9 cm³/mol.